The normalized spacial score (nSPS) is 14.8. The van der Waals surface area contributed by atoms with Gasteiger partial charge >= 0.3 is 0 Å². The quantitative estimate of drug-likeness (QED) is 0.0834. The fraction of sp³-hybridized carbons (Fsp3) is 0.345. The third-order valence-electron chi connectivity index (χ3n) is 5.99. The molecule has 2 nitrogen and oxygen atoms in total. The smallest absolute Gasteiger partial charge is 0.197 e. The van der Waals surface area contributed by atoms with Crippen LogP contribution >= 0.6 is 35.5 Å². The van der Waals surface area contributed by atoms with Gasteiger partial charge in [-0.25, -0.2) is 8.78 Å². The van der Waals surface area contributed by atoms with Gasteiger partial charge in [0.15, 0.2) is 5.90 Å². The van der Waals surface area contributed by atoms with Crippen LogP contribution in [0.1, 0.15) is 44.1 Å². The van der Waals surface area contributed by atoms with Crippen molar-refractivity contribution in [2.75, 3.05) is 6.61 Å². The summed E-state index contributed by atoms with van der Waals surface area (Å²) in [6, 6.07) is 21.4. The van der Waals surface area contributed by atoms with E-state index in [0.29, 0.717) is 24.8 Å². The molecule has 3 aromatic rings. The molecule has 0 aromatic heterocycles. The highest BCUT2D eigenvalue weighted by Gasteiger charge is 2.20. The molecule has 0 unspecified atom stereocenters. The van der Waals surface area contributed by atoms with E-state index in [9.17, 15) is 8.78 Å². The molecule has 0 spiro atoms. The molecule has 1 aliphatic rings. The van der Waals surface area contributed by atoms with Gasteiger partial charge in [0, 0.05) is 33.1 Å². The molecule has 0 bridgehead atoms. The van der Waals surface area contributed by atoms with Crippen molar-refractivity contribution in [3.8, 4) is 0 Å². The Labute approximate surface area is 225 Å². The number of ether oxygens (including phenoxy) is 1. The molecule has 1 saturated carbocycles. The van der Waals surface area contributed by atoms with Crippen LogP contribution in [0.15, 0.2) is 91.9 Å². The van der Waals surface area contributed by atoms with Crippen LogP contribution < -0.4 is 0 Å². The summed E-state index contributed by atoms with van der Waals surface area (Å²) in [5.41, 5.74) is 1.21. The number of benzene rings is 3. The van der Waals surface area contributed by atoms with Gasteiger partial charge in [-0.3, -0.25) is 0 Å². The molecular formula is C29H31F2NOS3. The van der Waals surface area contributed by atoms with E-state index in [1.165, 1.54) is 73.9 Å². The highest BCUT2D eigenvalue weighted by atomic mass is 32.2. The Balaban J connectivity index is 1.52. The van der Waals surface area contributed by atoms with Crippen LogP contribution in [-0.4, -0.2) is 17.1 Å². The zero-order valence-electron chi connectivity index (χ0n) is 20.4. The number of rotatable bonds is 10. The fourth-order valence-corrected chi connectivity index (χ4v) is 7.07. The molecule has 36 heavy (non-hydrogen) atoms. The second-order valence-electron chi connectivity index (χ2n) is 8.98. The average molecular weight is 544 g/mol. The van der Waals surface area contributed by atoms with Gasteiger partial charge in [0.05, 0.1) is 11.2 Å². The van der Waals surface area contributed by atoms with E-state index in [2.05, 4.69) is 31.2 Å². The Kier molecular flexibility index (Phi) is 10.6. The molecule has 1 fully saturated rings. The minimum absolute atomic E-state index is 0.0182. The SMILES string of the molecule is Cc1ccc(SN=C(CC(Sc2ccc(F)cc2)Sc2ccc(F)cc2)OCC2CCCCC2)cc1. The Morgan fingerprint density at radius 2 is 1.33 bits per heavy atom. The second kappa shape index (κ2) is 14.1. The molecule has 0 heterocycles. The molecule has 0 radical (unpaired) electrons. The van der Waals surface area contributed by atoms with E-state index in [1.54, 1.807) is 47.8 Å². The zero-order valence-corrected chi connectivity index (χ0v) is 22.8. The molecule has 190 valence electrons. The van der Waals surface area contributed by atoms with Crippen molar-refractivity contribution in [3.63, 3.8) is 0 Å². The highest BCUT2D eigenvalue weighted by Crippen LogP contribution is 2.38. The van der Waals surface area contributed by atoms with Crippen LogP contribution in [0.5, 0.6) is 0 Å². The van der Waals surface area contributed by atoms with Gasteiger partial charge in [0.2, 0.25) is 0 Å². The minimum atomic E-state index is -0.255. The zero-order chi connectivity index (χ0) is 25.2. The van der Waals surface area contributed by atoms with E-state index in [0.717, 1.165) is 14.7 Å². The largest absolute Gasteiger partial charge is 0.480 e. The van der Waals surface area contributed by atoms with Gasteiger partial charge < -0.3 is 4.74 Å². The molecular weight excluding hydrogens is 513 g/mol. The van der Waals surface area contributed by atoms with Gasteiger partial charge in [-0.05, 0) is 86.3 Å². The van der Waals surface area contributed by atoms with Crippen molar-refractivity contribution in [2.45, 2.75) is 64.7 Å². The third kappa shape index (κ3) is 9.16. The summed E-state index contributed by atoms with van der Waals surface area (Å²) >= 11 is 4.71. The lowest BCUT2D eigenvalue weighted by molar-refractivity contribution is 0.196. The maximum absolute atomic E-state index is 13.5. The number of nitrogens with zero attached hydrogens (tertiary/aromatic N) is 1. The van der Waals surface area contributed by atoms with Crippen LogP contribution in [0, 0.1) is 24.5 Å². The predicted octanol–water partition coefficient (Wildman–Crippen LogP) is 9.58. The summed E-state index contributed by atoms with van der Waals surface area (Å²) in [5.74, 6) is 0.769. The third-order valence-corrected chi connectivity index (χ3v) is 9.29. The maximum Gasteiger partial charge on any atom is 0.197 e. The summed E-state index contributed by atoms with van der Waals surface area (Å²) in [6.45, 7) is 2.75. The topological polar surface area (TPSA) is 21.6 Å². The Hall–Kier alpha value is -1.96. The van der Waals surface area contributed by atoms with Crippen molar-refractivity contribution in [3.05, 3.63) is 90.0 Å². The maximum atomic E-state index is 13.5. The fourth-order valence-electron chi connectivity index (χ4n) is 3.97. The van der Waals surface area contributed by atoms with Crippen molar-refractivity contribution in [1.29, 1.82) is 0 Å². The van der Waals surface area contributed by atoms with Crippen LogP contribution in [-0.2, 0) is 4.74 Å². The molecule has 0 N–H and O–H groups in total. The first-order valence-electron chi connectivity index (χ1n) is 12.3. The number of aryl methyl sites for hydroxylation is 1. The first-order valence-corrected chi connectivity index (χ1v) is 14.8. The standard InChI is InChI=1S/C29H31F2NOS3/c1-21-7-13-27(14-8-21)36-32-28(33-20-22-5-3-2-4-6-22)19-29(34-25-15-9-23(30)10-16-25)35-26-17-11-24(31)12-18-26/h7-18,22,29H,2-6,19-20H2,1H3. The van der Waals surface area contributed by atoms with E-state index >= 15 is 0 Å². The van der Waals surface area contributed by atoms with Gasteiger partial charge in [-0.1, -0.05) is 37.0 Å². The first-order chi connectivity index (χ1) is 17.5. The number of hydrogen-bond acceptors (Lipinski definition) is 5. The van der Waals surface area contributed by atoms with Crippen molar-refractivity contribution < 1.29 is 13.5 Å². The number of hydrogen-bond donors (Lipinski definition) is 0. The summed E-state index contributed by atoms with van der Waals surface area (Å²) in [6.07, 6.45) is 6.85. The number of halogens is 2. The molecule has 3 aromatic carbocycles. The Morgan fingerprint density at radius 1 is 0.806 bits per heavy atom. The lowest BCUT2D eigenvalue weighted by Gasteiger charge is -2.23. The van der Waals surface area contributed by atoms with Crippen LogP contribution in [0.2, 0.25) is 0 Å². The lowest BCUT2D eigenvalue weighted by atomic mass is 9.90. The molecule has 7 heteroatoms. The molecule has 0 aliphatic heterocycles. The summed E-state index contributed by atoms with van der Waals surface area (Å²) < 4.78 is 38.2. The van der Waals surface area contributed by atoms with Gasteiger partial charge in [-0.2, -0.15) is 4.40 Å². The lowest BCUT2D eigenvalue weighted by Crippen LogP contribution is -2.18. The van der Waals surface area contributed by atoms with E-state index < -0.39 is 0 Å². The summed E-state index contributed by atoms with van der Waals surface area (Å²) in [4.78, 5) is 3.00. The van der Waals surface area contributed by atoms with E-state index in [-0.39, 0.29) is 16.2 Å². The van der Waals surface area contributed by atoms with Crippen LogP contribution in [0.25, 0.3) is 0 Å². The molecule has 0 saturated heterocycles. The average Bonchev–Trinajstić information content (AvgIpc) is 2.90. The monoisotopic (exact) mass is 543 g/mol. The number of thioether (sulfide) groups is 2. The Bertz CT molecular complexity index is 1050. The minimum Gasteiger partial charge on any atom is -0.480 e. The van der Waals surface area contributed by atoms with Crippen LogP contribution in [0.4, 0.5) is 8.78 Å². The van der Waals surface area contributed by atoms with Crippen molar-refractivity contribution in [2.24, 2.45) is 10.3 Å². The predicted molar refractivity (Wildman–Crippen MR) is 150 cm³/mol. The summed E-state index contributed by atoms with van der Waals surface area (Å²) in [5, 5.41) is 0. The highest BCUT2D eigenvalue weighted by molar-refractivity contribution is 8.17. The summed E-state index contributed by atoms with van der Waals surface area (Å²) in [7, 11) is 0. The Morgan fingerprint density at radius 3 is 1.89 bits per heavy atom. The van der Waals surface area contributed by atoms with Crippen molar-refractivity contribution in [1.82, 2.24) is 0 Å². The molecule has 0 atom stereocenters. The van der Waals surface area contributed by atoms with E-state index in [4.69, 9.17) is 9.13 Å². The van der Waals surface area contributed by atoms with Gasteiger partial charge in [0.25, 0.3) is 0 Å². The van der Waals surface area contributed by atoms with Gasteiger partial charge in [-0.15, -0.1) is 23.5 Å². The van der Waals surface area contributed by atoms with Gasteiger partial charge in [0.1, 0.15) is 11.6 Å². The van der Waals surface area contributed by atoms with E-state index in [1.807, 2.05) is 0 Å². The van der Waals surface area contributed by atoms with Crippen LogP contribution in [0.3, 0.4) is 0 Å². The molecule has 0 amide bonds. The second-order valence-corrected chi connectivity index (χ2v) is 12.7. The molecule has 1 aliphatic carbocycles. The molecule has 4 rings (SSSR count). The van der Waals surface area contributed by atoms with Crippen molar-refractivity contribution >= 4 is 41.4 Å². The first kappa shape index (κ1) is 27.1.